The monoisotopic (exact) mass is 438 g/mol. The number of rotatable bonds is 1. The zero-order valence-electron chi connectivity index (χ0n) is 19.0. The van der Waals surface area contributed by atoms with E-state index in [4.69, 9.17) is 4.42 Å². The lowest BCUT2D eigenvalue weighted by molar-refractivity contribution is 0.646. The number of aromatic nitrogens is 2. The van der Waals surface area contributed by atoms with E-state index in [9.17, 15) is 0 Å². The van der Waals surface area contributed by atoms with Gasteiger partial charge in [-0.25, -0.2) is 0 Å². The molecule has 0 fully saturated rings. The molecule has 0 unspecified atom stereocenters. The highest BCUT2D eigenvalue weighted by atomic mass is 16.3. The summed E-state index contributed by atoms with van der Waals surface area (Å²) in [4.78, 5) is 0. The minimum absolute atomic E-state index is 0.100. The summed E-state index contributed by atoms with van der Waals surface area (Å²) in [5.41, 5.74) is 9.43. The summed E-state index contributed by atoms with van der Waals surface area (Å²) in [5.74, 6) is 0. The van der Waals surface area contributed by atoms with Gasteiger partial charge in [0.2, 0.25) is 0 Å². The minimum atomic E-state index is -0.100. The zero-order chi connectivity index (χ0) is 22.6. The lowest BCUT2D eigenvalue weighted by Gasteiger charge is -2.20. The number of hydrogen-bond acceptors (Lipinski definition) is 1. The first-order valence-electron chi connectivity index (χ1n) is 11.8. The fraction of sp³-hybridized carbons (Fsp3) is 0.0968. The van der Waals surface area contributed by atoms with Gasteiger partial charge < -0.3 is 13.6 Å². The molecule has 0 saturated heterocycles. The Morgan fingerprint density at radius 2 is 1.41 bits per heavy atom. The van der Waals surface area contributed by atoms with Gasteiger partial charge in [-0.15, -0.1) is 0 Å². The molecular weight excluding hydrogens is 416 g/mol. The van der Waals surface area contributed by atoms with Crippen molar-refractivity contribution in [2.24, 2.45) is 0 Å². The normalized spacial score (nSPS) is 14.4. The highest BCUT2D eigenvalue weighted by Gasteiger charge is 2.39. The van der Waals surface area contributed by atoms with Crippen molar-refractivity contribution in [2.75, 3.05) is 0 Å². The Morgan fingerprint density at radius 1 is 0.676 bits per heavy atom. The Kier molecular flexibility index (Phi) is 3.22. The van der Waals surface area contributed by atoms with Crippen molar-refractivity contribution in [1.82, 2.24) is 9.13 Å². The van der Waals surface area contributed by atoms with Gasteiger partial charge in [-0.2, -0.15) is 0 Å². The third-order valence-corrected chi connectivity index (χ3v) is 7.68. The summed E-state index contributed by atoms with van der Waals surface area (Å²) in [6.45, 7) is 4.69. The Morgan fingerprint density at radius 3 is 2.32 bits per heavy atom. The van der Waals surface area contributed by atoms with Gasteiger partial charge in [-0.3, -0.25) is 0 Å². The molecule has 34 heavy (non-hydrogen) atoms. The molecule has 4 aromatic carbocycles. The molecule has 1 aliphatic heterocycles. The van der Waals surface area contributed by atoms with Crippen LogP contribution in [0.25, 0.3) is 55.1 Å². The van der Waals surface area contributed by atoms with Crippen molar-refractivity contribution in [3.8, 4) is 11.4 Å². The molecule has 0 aliphatic carbocycles. The lowest BCUT2D eigenvalue weighted by atomic mass is 9.83. The van der Waals surface area contributed by atoms with E-state index in [2.05, 4.69) is 108 Å². The van der Waals surface area contributed by atoms with Gasteiger partial charge in [-0.1, -0.05) is 68.4 Å². The van der Waals surface area contributed by atoms with Gasteiger partial charge >= 0.3 is 0 Å². The molecule has 3 heteroatoms. The van der Waals surface area contributed by atoms with Gasteiger partial charge in [-0.05, 0) is 42.0 Å². The Bertz CT molecular complexity index is 1940. The minimum Gasteiger partial charge on any atom is -0.456 e. The lowest BCUT2D eigenvalue weighted by Crippen LogP contribution is -2.16. The molecule has 0 radical (unpaired) electrons. The van der Waals surface area contributed by atoms with E-state index in [1.54, 1.807) is 0 Å². The fourth-order valence-electron chi connectivity index (χ4n) is 6.18. The summed E-state index contributed by atoms with van der Waals surface area (Å²) in [6.07, 6.45) is 2.34. The smallest absolute Gasteiger partial charge is 0.135 e. The van der Waals surface area contributed by atoms with Crippen LogP contribution in [0.1, 0.15) is 25.1 Å². The number of benzene rings is 4. The molecule has 162 valence electrons. The Balaban J connectivity index is 1.53. The average molecular weight is 439 g/mol. The molecule has 0 bridgehead atoms. The molecule has 3 aromatic heterocycles. The molecule has 0 atom stereocenters. The standard InChI is InChI=1S/C31H22N2O/c1-31(2)24-11-5-7-13-26(24)32-18-23-20-9-3-6-12-25(20)33(29(23)30(31)32)19-15-16-28-22(17-19)21-10-4-8-14-27(21)34-28/h3-18H,1-2H3. The molecule has 0 spiro atoms. The highest BCUT2D eigenvalue weighted by molar-refractivity contribution is 6.12. The summed E-state index contributed by atoms with van der Waals surface area (Å²) < 4.78 is 11.0. The second kappa shape index (κ2) is 6.00. The van der Waals surface area contributed by atoms with E-state index in [-0.39, 0.29) is 5.41 Å². The van der Waals surface area contributed by atoms with E-state index in [1.165, 1.54) is 38.8 Å². The number of hydrogen-bond donors (Lipinski definition) is 0. The van der Waals surface area contributed by atoms with Crippen molar-refractivity contribution in [1.29, 1.82) is 0 Å². The molecule has 0 amide bonds. The molecular formula is C31H22N2O. The maximum atomic E-state index is 6.12. The van der Waals surface area contributed by atoms with Crippen LogP contribution in [-0.4, -0.2) is 9.13 Å². The van der Waals surface area contributed by atoms with E-state index in [0.29, 0.717) is 0 Å². The molecule has 1 aliphatic rings. The molecule has 3 nitrogen and oxygen atoms in total. The average Bonchev–Trinajstić information content (AvgIpc) is 3.56. The van der Waals surface area contributed by atoms with Crippen molar-refractivity contribution in [3.05, 3.63) is 108 Å². The number of nitrogens with zero attached hydrogens (tertiary/aromatic N) is 2. The molecule has 8 rings (SSSR count). The summed E-state index contributed by atoms with van der Waals surface area (Å²) >= 11 is 0. The summed E-state index contributed by atoms with van der Waals surface area (Å²) in [5, 5.41) is 4.88. The maximum absolute atomic E-state index is 6.12. The van der Waals surface area contributed by atoms with E-state index < -0.39 is 0 Å². The van der Waals surface area contributed by atoms with Crippen molar-refractivity contribution in [3.63, 3.8) is 0 Å². The Hall–Kier alpha value is -4.24. The summed E-state index contributed by atoms with van der Waals surface area (Å²) in [6, 6.07) is 32.4. The van der Waals surface area contributed by atoms with Crippen molar-refractivity contribution in [2.45, 2.75) is 19.3 Å². The first kappa shape index (κ1) is 18.2. The van der Waals surface area contributed by atoms with Crippen LogP contribution < -0.4 is 0 Å². The van der Waals surface area contributed by atoms with E-state index in [1.807, 2.05) is 12.1 Å². The van der Waals surface area contributed by atoms with Crippen LogP contribution in [-0.2, 0) is 5.41 Å². The number of fused-ring (bicyclic) bond motifs is 10. The van der Waals surface area contributed by atoms with Crippen LogP contribution in [0, 0.1) is 0 Å². The van der Waals surface area contributed by atoms with Crippen LogP contribution in [0.5, 0.6) is 0 Å². The van der Waals surface area contributed by atoms with E-state index in [0.717, 1.165) is 27.6 Å². The summed E-state index contributed by atoms with van der Waals surface area (Å²) in [7, 11) is 0. The Labute approximate surface area is 196 Å². The van der Waals surface area contributed by atoms with Crippen LogP contribution >= 0.6 is 0 Å². The topological polar surface area (TPSA) is 23.0 Å². The first-order chi connectivity index (χ1) is 16.6. The van der Waals surface area contributed by atoms with Crippen molar-refractivity contribution >= 4 is 43.7 Å². The fourth-order valence-corrected chi connectivity index (χ4v) is 6.18. The number of furan rings is 1. The molecule has 7 aromatic rings. The third-order valence-electron chi connectivity index (χ3n) is 7.68. The van der Waals surface area contributed by atoms with E-state index >= 15 is 0 Å². The first-order valence-corrected chi connectivity index (χ1v) is 11.8. The molecule has 0 saturated carbocycles. The predicted octanol–water partition coefficient (Wildman–Crippen LogP) is 8.11. The van der Waals surface area contributed by atoms with Crippen molar-refractivity contribution < 1.29 is 4.42 Å². The maximum Gasteiger partial charge on any atom is 0.135 e. The van der Waals surface area contributed by atoms with Crippen LogP contribution in [0.2, 0.25) is 0 Å². The van der Waals surface area contributed by atoms with Crippen LogP contribution in [0.3, 0.4) is 0 Å². The van der Waals surface area contributed by atoms with Gasteiger partial charge in [0.15, 0.2) is 0 Å². The van der Waals surface area contributed by atoms with Gasteiger partial charge in [0.1, 0.15) is 11.2 Å². The second-order valence-electron chi connectivity index (χ2n) is 9.88. The molecule has 4 heterocycles. The SMILES string of the molecule is CC1(C)c2ccccc2-n2cc3c4ccccc4n(-c4ccc5oc6ccccc6c5c4)c3c21. The van der Waals surface area contributed by atoms with Gasteiger partial charge in [0.05, 0.1) is 16.7 Å². The third kappa shape index (κ3) is 2.08. The largest absolute Gasteiger partial charge is 0.456 e. The zero-order valence-corrected chi connectivity index (χ0v) is 19.0. The predicted molar refractivity (Wildman–Crippen MR) is 140 cm³/mol. The molecule has 0 N–H and O–H groups in total. The highest BCUT2D eigenvalue weighted by Crippen LogP contribution is 2.49. The van der Waals surface area contributed by atoms with Gasteiger partial charge in [0, 0.05) is 44.5 Å². The van der Waals surface area contributed by atoms with Gasteiger partial charge in [0.25, 0.3) is 0 Å². The second-order valence-corrected chi connectivity index (χ2v) is 9.88. The number of para-hydroxylation sites is 3. The van der Waals surface area contributed by atoms with Crippen LogP contribution in [0.15, 0.2) is 102 Å². The van der Waals surface area contributed by atoms with Crippen LogP contribution in [0.4, 0.5) is 0 Å². The quantitative estimate of drug-likeness (QED) is 0.254.